The van der Waals surface area contributed by atoms with Crippen LogP contribution in [0.15, 0.2) is 0 Å². The lowest BCUT2D eigenvalue weighted by Crippen LogP contribution is -2.63. The van der Waals surface area contributed by atoms with Crippen LogP contribution in [0.2, 0.25) is 0 Å². The molecule has 0 bridgehead atoms. The summed E-state index contributed by atoms with van der Waals surface area (Å²) in [5.41, 5.74) is 0. The predicted octanol–water partition coefficient (Wildman–Crippen LogP) is 3.50. The number of carboxylic acid groups (broad SMARTS) is 16. The predicted molar refractivity (Wildman–Crippen MR) is 434 cm³/mol. The van der Waals surface area contributed by atoms with Gasteiger partial charge in [-0.25, -0.2) is 0 Å². The first-order valence-corrected chi connectivity index (χ1v) is 46.0. The molecule has 43 nitrogen and oxygen atoms in total. The first kappa shape index (κ1) is 111. The summed E-state index contributed by atoms with van der Waals surface area (Å²) in [4.78, 5) is 190. The number of aliphatic carboxylic acids is 16. The first-order valence-electron chi connectivity index (χ1n) is 37.6. The van der Waals surface area contributed by atoms with Gasteiger partial charge in [0, 0.05) is 52.2 Å². The molecule has 2 aliphatic rings. The second-order valence-electron chi connectivity index (χ2n) is 26.3. The highest BCUT2D eigenvalue weighted by atomic mass is 32.2. The maximum Gasteiger partial charge on any atom is 0.317 e. The van der Waals surface area contributed by atoms with E-state index in [-0.39, 0.29) is 150 Å². The first-order chi connectivity index (χ1) is 57.3. The van der Waals surface area contributed by atoms with Gasteiger partial charge in [0.25, 0.3) is 0 Å². The van der Waals surface area contributed by atoms with Gasteiger partial charge in [0.1, 0.15) is 78.6 Å². The quantitative estimate of drug-likeness (QED) is 0.0387. The minimum Gasteiger partial charge on any atom is -0.481 e. The van der Waals surface area contributed by atoms with E-state index in [1.807, 2.05) is 0 Å². The zero-order valence-electron chi connectivity index (χ0n) is 65.3. The Morgan fingerprint density at radius 1 is 0.223 bits per heavy atom. The van der Waals surface area contributed by atoms with Crippen molar-refractivity contribution in [2.75, 3.05) is 125 Å². The lowest BCUT2D eigenvalue weighted by Gasteiger charge is -2.47. The molecule has 0 aromatic rings. The summed E-state index contributed by atoms with van der Waals surface area (Å²) >= 11 is 6.33. The van der Waals surface area contributed by atoms with Crippen LogP contribution in [0.3, 0.4) is 0 Å². The summed E-state index contributed by atoms with van der Waals surface area (Å²) in [6, 6.07) is 0. The Bertz CT molecular complexity index is 3240. The van der Waals surface area contributed by atoms with E-state index in [1.165, 1.54) is 0 Å². The molecule has 51 heteroatoms. The molecule has 18 atom stereocenters. The highest BCUT2D eigenvalue weighted by molar-refractivity contribution is 8.02. The fraction of sp³-hybridized carbons (Fsp3) is 0.771. The minimum absolute atomic E-state index is 0.00000848. The molecule has 2 rings (SSSR count). The van der Waals surface area contributed by atoms with E-state index in [0.29, 0.717) is 0 Å². The molecule has 0 aromatic carbocycles. The lowest BCUT2D eigenvalue weighted by atomic mass is 9.89. The summed E-state index contributed by atoms with van der Waals surface area (Å²) in [5.74, 6) is -23.7. The van der Waals surface area contributed by atoms with E-state index in [4.69, 9.17) is 52.1 Å². The number of hydrogen-bond acceptors (Lipinski definition) is 35. The van der Waals surface area contributed by atoms with Gasteiger partial charge in [0.2, 0.25) is 0 Å². The van der Waals surface area contributed by atoms with Crippen LogP contribution in [0.4, 0.5) is 0 Å². The van der Waals surface area contributed by atoms with Crippen LogP contribution >= 0.6 is 94.1 Å². The molecule has 0 aliphatic carbocycles. The summed E-state index contributed by atoms with van der Waals surface area (Å²) in [7, 11) is 0. The van der Waals surface area contributed by atoms with Gasteiger partial charge >= 0.3 is 95.5 Å². The maximum absolute atomic E-state index is 12.2. The van der Waals surface area contributed by atoms with Gasteiger partial charge < -0.3 is 134 Å². The molecular formula is C70H106O43S8. The van der Waals surface area contributed by atoms with Crippen molar-refractivity contribution < 1.29 is 211 Å². The topological polar surface area (TPSA) is 698 Å². The van der Waals surface area contributed by atoms with E-state index in [2.05, 4.69) is 0 Å². The van der Waals surface area contributed by atoms with E-state index >= 15 is 0 Å². The highest BCUT2D eigenvalue weighted by Crippen LogP contribution is 2.36. The SMILES string of the molecule is O=C(O)CC(SCCCOCC1OC(OCCCSC(CC(=O)O)C(=O)O)C(OCCCSC(CC(=O)O)C(=O)O)C(OCCCSC(CC(=O)O)C(=O)O)C1COCC1OC(COCCCSC(CC(=O)O)C(=O)O)C(OCCCSC(CC(=O)O)C(=O)O)C(OCCCSC(CC(=O)O)C(=O)O)C1OCCCSC(CC(=O)O)C(=O)O)C(=O)O. The van der Waals surface area contributed by atoms with Crippen molar-refractivity contribution in [3.8, 4) is 0 Å². The Labute approximate surface area is 726 Å². The lowest BCUT2D eigenvalue weighted by molar-refractivity contribution is -0.313. The van der Waals surface area contributed by atoms with Crippen molar-refractivity contribution >= 4 is 190 Å². The molecule has 0 amide bonds. The molecule has 16 N–H and O–H groups in total. The number of carboxylic acids is 16. The molecule has 121 heavy (non-hydrogen) atoms. The van der Waals surface area contributed by atoms with Crippen molar-refractivity contribution in [3.05, 3.63) is 0 Å². The monoisotopic (exact) mass is 1890 g/mol. The minimum atomic E-state index is -1.53. The molecule has 2 heterocycles. The Kier molecular flexibility index (Phi) is 58.4. The fourth-order valence-corrected chi connectivity index (χ4v) is 19.0. The van der Waals surface area contributed by atoms with Gasteiger partial charge in [0.15, 0.2) is 6.29 Å². The van der Waals surface area contributed by atoms with E-state index in [0.717, 1.165) is 94.1 Å². The van der Waals surface area contributed by atoms with Gasteiger partial charge in [-0.3, -0.25) is 76.7 Å². The average molecular weight is 1890 g/mol. The van der Waals surface area contributed by atoms with Crippen molar-refractivity contribution in [1.82, 2.24) is 0 Å². The second-order valence-corrected chi connectivity index (χ2v) is 36.8. The normalized spacial score (nSPS) is 21.1. The molecule has 2 saturated heterocycles. The van der Waals surface area contributed by atoms with Gasteiger partial charge in [-0.15, -0.1) is 94.1 Å². The van der Waals surface area contributed by atoms with Crippen molar-refractivity contribution in [2.45, 2.75) is 200 Å². The highest BCUT2D eigenvalue weighted by Gasteiger charge is 2.51. The number of carbonyl (C=O) groups is 16. The number of rotatable bonds is 78. The summed E-state index contributed by atoms with van der Waals surface area (Å²) in [6.45, 7) is -3.82. The Hall–Kier alpha value is -6.12. The smallest absolute Gasteiger partial charge is 0.317 e. The van der Waals surface area contributed by atoms with Crippen LogP contribution in [-0.2, 0) is 129 Å². The average Bonchev–Trinajstić information content (AvgIpc) is 0.791. The van der Waals surface area contributed by atoms with E-state index in [9.17, 15) is 158 Å². The maximum atomic E-state index is 12.2. The summed E-state index contributed by atoms with van der Waals surface area (Å²) < 4.78 is 72.3. The molecule has 0 radical (unpaired) electrons. The largest absolute Gasteiger partial charge is 0.481 e. The van der Waals surface area contributed by atoms with E-state index < -0.39 is 276 Å². The Morgan fingerprint density at radius 3 is 0.678 bits per heavy atom. The molecular weight excluding hydrogens is 1790 g/mol. The Morgan fingerprint density at radius 2 is 0.430 bits per heavy atom. The second kappa shape index (κ2) is 63.7. The van der Waals surface area contributed by atoms with Crippen molar-refractivity contribution in [2.24, 2.45) is 5.92 Å². The zero-order valence-corrected chi connectivity index (χ0v) is 71.8. The van der Waals surface area contributed by atoms with Gasteiger partial charge in [-0.1, -0.05) is 0 Å². The van der Waals surface area contributed by atoms with Gasteiger partial charge in [-0.2, -0.15) is 0 Å². The van der Waals surface area contributed by atoms with Crippen LogP contribution in [0.1, 0.15) is 103 Å². The third-order valence-corrected chi connectivity index (χ3v) is 27.1. The molecule has 0 aromatic heterocycles. The molecule has 18 unspecified atom stereocenters. The van der Waals surface area contributed by atoms with Gasteiger partial charge in [-0.05, 0) is 97.4 Å². The molecule has 2 fully saturated rings. The zero-order chi connectivity index (χ0) is 90.5. The molecule has 0 spiro atoms. The van der Waals surface area contributed by atoms with Crippen molar-refractivity contribution in [3.63, 3.8) is 0 Å². The number of thioether (sulfide) groups is 8. The van der Waals surface area contributed by atoms with Crippen molar-refractivity contribution in [1.29, 1.82) is 0 Å². The van der Waals surface area contributed by atoms with Crippen LogP contribution in [0.25, 0.3) is 0 Å². The van der Waals surface area contributed by atoms with Gasteiger partial charge in [0.05, 0.1) is 96.6 Å². The summed E-state index contributed by atoms with van der Waals surface area (Å²) in [5, 5.41) is 143. The molecule has 0 saturated carbocycles. The third kappa shape index (κ3) is 49.4. The standard InChI is InChI=1S/C70H106O43S8/c71-49(72)25-41(62(87)88)114-17-1-9-103-34-38-37(57(106-11-3-19-116-43(64(91)92)27-51(75)76)61(110-15-7-23-120-47(68(99)100)31-55(83)84)70(113-38)111-16-8-24-121-48(69(101)102)32-56(85)86)33-105-36-40-59(108-13-5-21-118-45(66(95)96)29-53(79)80)60(109-14-6-22-119-46(67(97)98)30-54(81)82)58(107-12-4-20-117-44(65(93)94)28-52(77)78)39(112-40)35-104-10-2-18-115-42(63(89)90)26-50(73)74/h37-48,57-61,70H,1-36H2,(H,71,72)(H,73,74)(H,75,76)(H,77,78)(H,79,80)(H,81,82)(H,83,84)(H,85,86)(H,87,88)(H,89,90)(H,91,92)(H,93,94)(H,95,96)(H,97,98)(H,99,100)(H,101,102). The van der Waals surface area contributed by atoms with Crippen LogP contribution in [0, 0.1) is 5.92 Å². The molecule has 2 aliphatic heterocycles. The molecule has 692 valence electrons. The fourth-order valence-electron chi connectivity index (χ4n) is 11.2. The van der Waals surface area contributed by atoms with Crippen LogP contribution < -0.4 is 0 Å². The number of hydrogen-bond donors (Lipinski definition) is 16. The van der Waals surface area contributed by atoms with Crippen LogP contribution in [-0.4, -0.2) is 400 Å². The van der Waals surface area contributed by atoms with E-state index in [1.54, 1.807) is 0 Å². The van der Waals surface area contributed by atoms with Crippen LogP contribution in [0.5, 0.6) is 0 Å². The Balaban J connectivity index is 3.12. The number of ether oxygens (including phenoxy) is 11. The third-order valence-electron chi connectivity index (χ3n) is 16.8. The summed E-state index contributed by atoms with van der Waals surface area (Å²) in [6.07, 6.45) is -18.0.